The van der Waals surface area contributed by atoms with Gasteiger partial charge < -0.3 is 19.8 Å². The highest BCUT2D eigenvalue weighted by Crippen LogP contribution is 2.30. The summed E-state index contributed by atoms with van der Waals surface area (Å²) >= 11 is 0. The van der Waals surface area contributed by atoms with Gasteiger partial charge in [0.15, 0.2) is 0 Å². The van der Waals surface area contributed by atoms with E-state index in [2.05, 4.69) is 20.5 Å². The molecule has 1 aromatic carbocycles. The summed E-state index contributed by atoms with van der Waals surface area (Å²) in [5.74, 6) is -2.97. The van der Waals surface area contributed by atoms with Gasteiger partial charge in [-0.2, -0.15) is 0 Å². The minimum absolute atomic E-state index is 0.265. The van der Waals surface area contributed by atoms with Gasteiger partial charge in [-0.25, -0.2) is 9.59 Å². The highest BCUT2D eigenvalue weighted by molar-refractivity contribution is 6.03. The SMILES string of the molecule is CCc1c(-c2ccc3c(c2)cc(CN2CCC2)n3C)[nH]c(=O)c(C(=O)O)c1C(=O)O. The fourth-order valence-electron chi connectivity index (χ4n) is 4.16. The molecule has 4 rings (SSSR count). The van der Waals surface area contributed by atoms with E-state index in [9.17, 15) is 24.6 Å². The maximum atomic E-state index is 12.4. The number of carbonyl (C=O) groups is 2. The Kier molecular flexibility index (Phi) is 4.95. The van der Waals surface area contributed by atoms with Gasteiger partial charge in [-0.05, 0) is 55.3 Å². The molecule has 0 saturated carbocycles. The third kappa shape index (κ3) is 3.19. The van der Waals surface area contributed by atoms with Crippen molar-refractivity contribution in [2.75, 3.05) is 13.1 Å². The van der Waals surface area contributed by atoms with Gasteiger partial charge in [-0.15, -0.1) is 0 Å². The zero-order chi connectivity index (χ0) is 21.6. The molecule has 1 aliphatic rings. The number of hydrogen-bond donors (Lipinski definition) is 3. The van der Waals surface area contributed by atoms with Crippen molar-refractivity contribution < 1.29 is 19.8 Å². The number of likely N-dealkylation sites (tertiary alicyclic amines) is 1. The average Bonchev–Trinajstić information content (AvgIpc) is 2.98. The smallest absolute Gasteiger partial charge is 0.342 e. The predicted molar refractivity (Wildman–Crippen MR) is 112 cm³/mol. The molecule has 0 atom stereocenters. The van der Waals surface area contributed by atoms with Gasteiger partial charge in [0.05, 0.1) is 11.3 Å². The maximum Gasteiger partial charge on any atom is 0.342 e. The summed E-state index contributed by atoms with van der Waals surface area (Å²) in [6, 6.07) is 7.77. The quantitative estimate of drug-likeness (QED) is 0.577. The molecule has 3 N–H and O–H groups in total. The number of benzene rings is 1. The van der Waals surface area contributed by atoms with Crippen molar-refractivity contribution in [3.05, 3.63) is 57.0 Å². The van der Waals surface area contributed by atoms with Crippen LogP contribution in [0.4, 0.5) is 0 Å². The number of aryl methyl sites for hydroxylation is 1. The number of rotatable bonds is 6. The zero-order valence-electron chi connectivity index (χ0n) is 16.9. The number of fused-ring (bicyclic) bond motifs is 1. The minimum atomic E-state index is -1.55. The standard InChI is InChI=1S/C22H23N3O5/c1-3-15-17(21(27)28)18(22(29)30)20(26)23-19(15)12-5-6-16-13(9-12)10-14(24(16)2)11-25-7-4-8-25/h5-6,9-10H,3-4,7-8,11H2,1-2H3,(H,23,26)(H,27,28)(H,29,30). The molecule has 1 saturated heterocycles. The molecule has 0 radical (unpaired) electrons. The Hall–Kier alpha value is -3.39. The second kappa shape index (κ2) is 7.46. The second-order valence-electron chi connectivity index (χ2n) is 7.62. The largest absolute Gasteiger partial charge is 0.478 e. The summed E-state index contributed by atoms with van der Waals surface area (Å²) in [5, 5.41) is 20.0. The Morgan fingerprint density at radius 2 is 1.80 bits per heavy atom. The third-order valence-electron chi connectivity index (χ3n) is 5.87. The average molecular weight is 409 g/mol. The van der Waals surface area contributed by atoms with Crippen LogP contribution in [-0.4, -0.2) is 49.7 Å². The number of hydrogen-bond acceptors (Lipinski definition) is 4. The molecule has 0 aliphatic carbocycles. The second-order valence-corrected chi connectivity index (χ2v) is 7.62. The van der Waals surface area contributed by atoms with Crippen LogP contribution in [0.25, 0.3) is 22.2 Å². The molecular weight excluding hydrogens is 386 g/mol. The molecular formula is C22H23N3O5. The summed E-state index contributed by atoms with van der Waals surface area (Å²) in [6.07, 6.45) is 1.49. The lowest BCUT2D eigenvalue weighted by Crippen LogP contribution is -2.36. The van der Waals surface area contributed by atoms with Crippen LogP contribution in [0.2, 0.25) is 0 Å². The number of H-pyrrole nitrogens is 1. The van der Waals surface area contributed by atoms with Crippen molar-refractivity contribution in [2.45, 2.75) is 26.3 Å². The van der Waals surface area contributed by atoms with Crippen LogP contribution >= 0.6 is 0 Å². The fourth-order valence-corrected chi connectivity index (χ4v) is 4.16. The number of nitrogens with one attached hydrogen (secondary N) is 1. The van der Waals surface area contributed by atoms with Crippen molar-refractivity contribution in [2.24, 2.45) is 7.05 Å². The maximum absolute atomic E-state index is 12.4. The van der Waals surface area contributed by atoms with Crippen molar-refractivity contribution in [1.29, 1.82) is 0 Å². The summed E-state index contributed by atoms with van der Waals surface area (Å²) < 4.78 is 2.14. The number of carboxylic acids is 2. The molecule has 156 valence electrons. The predicted octanol–water partition coefficient (Wildman–Crippen LogP) is 2.70. The highest BCUT2D eigenvalue weighted by Gasteiger charge is 2.27. The van der Waals surface area contributed by atoms with Gasteiger partial charge >= 0.3 is 11.9 Å². The van der Waals surface area contributed by atoms with E-state index in [0.717, 1.165) is 30.5 Å². The van der Waals surface area contributed by atoms with Gasteiger partial charge in [0.1, 0.15) is 5.56 Å². The lowest BCUT2D eigenvalue weighted by molar-refractivity contribution is 0.0648. The molecule has 0 bridgehead atoms. The monoisotopic (exact) mass is 409 g/mol. The molecule has 3 aromatic rings. The molecule has 30 heavy (non-hydrogen) atoms. The van der Waals surface area contributed by atoms with Crippen molar-refractivity contribution >= 4 is 22.8 Å². The molecule has 0 spiro atoms. The molecule has 8 nitrogen and oxygen atoms in total. The van der Waals surface area contributed by atoms with Gasteiger partial charge in [-0.1, -0.05) is 13.0 Å². The van der Waals surface area contributed by atoms with Crippen LogP contribution in [0.1, 0.15) is 45.3 Å². The summed E-state index contributed by atoms with van der Waals surface area (Å²) in [5.41, 5.74) is 1.41. The van der Waals surface area contributed by atoms with E-state index in [0.29, 0.717) is 16.8 Å². The number of carboxylic acid groups (broad SMARTS) is 2. The number of aromatic nitrogens is 2. The first-order valence-corrected chi connectivity index (χ1v) is 9.88. The first kappa shape index (κ1) is 19.9. The van der Waals surface area contributed by atoms with Crippen LogP contribution in [0.3, 0.4) is 0 Å². The van der Waals surface area contributed by atoms with Crippen molar-refractivity contribution in [1.82, 2.24) is 14.5 Å². The van der Waals surface area contributed by atoms with Crippen molar-refractivity contribution in [3.63, 3.8) is 0 Å². The minimum Gasteiger partial charge on any atom is -0.478 e. The van der Waals surface area contributed by atoms with E-state index >= 15 is 0 Å². The van der Waals surface area contributed by atoms with E-state index in [1.165, 1.54) is 12.1 Å². The number of aromatic carboxylic acids is 2. The topological polar surface area (TPSA) is 116 Å². The summed E-state index contributed by atoms with van der Waals surface area (Å²) in [7, 11) is 2.01. The number of pyridine rings is 1. The Morgan fingerprint density at radius 3 is 2.37 bits per heavy atom. The van der Waals surface area contributed by atoms with Crippen LogP contribution in [0.15, 0.2) is 29.1 Å². The van der Waals surface area contributed by atoms with Crippen molar-refractivity contribution in [3.8, 4) is 11.3 Å². The van der Waals surface area contributed by atoms with Gasteiger partial charge in [0.2, 0.25) is 0 Å². The van der Waals surface area contributed by atoms with Gasteiger partial charge in [0, 0.05) is 30.2 Å². The lowest BCUT2D eigenvalue weighted by Gasteiger charge is -2.30. The fraction of sp³-hybridized carbons (Fsp3) is 0.318. The molecule has 0 amide bonds. The molecule has 3 heterocycles. The summed E-state index contributed by atoms with van der Waals surface area (Å²) in [4.78, 5) is 40.7. The third-order valence-corrected chi connectivity index (χ3v) is 5.87. The van der Waals surface area contributed by atoms with E-state index < -0.39 is 28.6 Å². The van der Waals surface area contributed by atoms with Gasteiger partial charge in [0.25, 0.3) is 5.56 Å². The van der Waals surface area contributed by atoms with Gasteiger partial charge in [-0.3, -0.25) is 9.69 Å². The molecule has 1 aliphatic heterocycles. The summed E-state index contributed by atoms with van der Waals surface area (Å²) in [6.45, 7) is 4.80. The molecule has 1 fully saturated rings. The van der Waals surface area contributed by atoms with Crippen LogP contribution in [-0.2, 0) is 20.0 Å². The van der Waals surface area contributed by atoms with E-state index in [1.54, 1.807) is 6.92 Å². The molecule has 2 aromatic heterocycles. The van der Waals surface area contributed by atoms with E-state index in [1.807, 2.05) is 25.2 Å². The first-order valence-electron chi connectivity index (χ1n) is 9.88. The molecule has 0 unspecified atom stereocenters. The Balaban J connectivity index is 1.88. The zero-order valence-corrected chi connectivity index (χ0v) is 16.9. The Bertz CT molecular complexity index is 1230. The lowest BCUT2D eigenvalue weighted by atomic mass is 9.95. The van der Waals surface area contributed by atoms with Crippen LogP contribution in [0.5, 0.6) is 0 Å². The normalized spacial score (nSPS) is 14.1. The number of aromatic amines is 1. The van der Waals surface area contributed by atoms with E-state index in [4.69, 9.17) is 0 Å². The van der Waals surface area contributed by atoms with Crippen LogP contribution in [0, 0.1) is 0 Å². The van der Waals surface area contributed by atoms with Crippen LogP contribution < -0.4 is 5.56 Å². The Labute approximate surface area is 172 Å². The Morgan fingerprint density at radius 1 is 1.10 bits per heavy atom. The van der Waals surface area contributed by atoms with E-state index in [-0.39, 0.29) is 6.42 Å². The molecule has 8 heteroatoms. The highest BCUT2D eigenvalue weighted by atomic mass is 16.4. The number of nitrogens with zero attached hydrogens (tertiary/aromatic N) is 2. The first-order chi connectivity index (χ1) is 14.3.